The van der Waals surface area contributed by atoms with Crippen molar-refractivity contribution in [1.82, 2.24) is 10.2 Å². The molecule has 1 rings (SSSR count). The lowest BCUT2D eigenvalue weighted by Gasteiger charge is -2.33. The minimum absolute atomic E-state index is 0.739. The molecule has 2 nitrogen and oxygen atoms in total. The number of hydrogen-bond donors (Lipinski definition) is 1. The van der Waals surface area contributed by atoms with Crippen LogP contribution >= 0.6 is 0 Å². The summed E-state index contributed by atoms with van der Waals surface area (Å²) in [7, 11) is 0. The molecular weight excluding hydrogens is 208 g/mol. The van der Waals surface area contributed by atoms with Crippen LogP contribution in [0.4, 0.5) is 0 Å². The van der Waals surface area contributed by atoms with Gasteiger partial charge in [-0.1, -0.05) is 33.6 Å². The molecule has 102 valence electrons. The van der Waals surface area contributed by atoms with Gasteiger partial charge in [0, 0.05) is 12.1 Å². The van der Waals surface area contributed by atoms with Gasteiger partial charge in [0.05, 0.1) is 0 Å². The topological polar surface area (TPSA) is 15.3 Å². The predicted molar refractivity (Wildman–Crippen MR) is 76.4 cm³/mol. The third kappa shape index (κ3) is 5.39. The minimum atomic E-state index is 0.739. The molecule has 0 aromatic heterocycles. The molecule has 0 aromatic rings. The smallest absolute Gasteiger partial charge is 0.00979 e. The first-order valence-electron chi connectivity index (χ1n) is 7.61. The van der Waals surface area contributed by atoms with Crippen molar-refractivity contribution in [2.45, 2.75) is 71.9 Å². The van der Waals surface area contributed by atoms with E-state index in [1.165, 1.54) is 45.2 Å². The van der Waals surface area contributed by atoms with Crippen molar-refractivity contribution in [3.8, 4) is 0 Å². The molecule has 1 aliphatic carbocycles. The van der Waals surface area contributed by atoms with E-state index in [0.29, 0.717) is 0 Å². The van der Waals surface area contributed by atoms with Gasteiger partial charge in [0.15, 0.2) is 0 Å². The molecule has 2 heteroatoms. The first-order valence-corrected chi connectivity index (χ1v) is 7.61. The summed E-state index contributed by atoms with van der Waals surface area (Å²) in [6, 6.07) is 1.61. The van der Waals surface area contributed by atoms with E-state index in [1.807, 2.05) is 0 Å². The molecular formula is C15H32N2. The van der Waals surface area contributed by atoms with E-state index in [-0.39, 0.29) is 0 Å². The second-order valence-electron chi connectivity index (χ2n) is 6.00. The summed E-state index contributed by atoms with van der Waals surface area (Å²) in [4.78, 5) is 2.73. The highest BCUT2D eigenvalue weighted by Gasteiger charge is 2.24. The number of hydrogen-bond acceptors (Lipinski definition) is 2. The molecule has 0 saturated heterocycles. The van der Waals surface area contributed by atoms with Crippen molar-refractivity contribution in [3.63, 3.8) is 0 Å². The van der Waals surface area contributed by atoms with Gasteiger partial charge in [-0.25, -0.2) is 0 Å². The van der Waals surface area contributed by atoms with Crippen molar-refractivity contribution in [1.29, 1.82) is 0 Å². The summed E-state index contributed by atoms with van der Waals surface area (Å²) in [5.74, 6) is 0.766. The summed E-state index contributed by atoms with van der Waals surface area (Å²) in [6.07, 6.45) is 7.03. The molecule has 17 heavy (non-hydrogen) atoms. The van der Waals surface area contributed by atoms with Gasteiger partial charge in [-0.15, -0.1) is 0 Å². The highest BCUT2D eigenvalue weighted by atomic mass is 15.2. The van der Waals surface area contributed by atoms with Crippen LogP contribution in [0.25, 0.3) is 0 Å². The number of nitrogens with zero attached hydrogens (tertiary/aromatic N) is 1. The molecule has 1 saturated carbocycles. The van der Waals surface area contributed by atoms with Gasteiger partial charge < -0.3 is 5.32 Å². The van der Waals surface area contributed by atoms with Gasteiger partial charge in [-0.3, -0.25) is 4.90 Å². The maximum absolute atomic E-state index is 3.56. The van der Waals surface area contributed by atoms with Crippen LogP contribution in [0.3, 0.4) is 0 Å². The average molecular weight is 240 g/mol. The van der Waals surface area contributed by atoms with Gasteiger partial charge in [0.25, 0.3) is 0 Å². The SMILES string of the molecule is CCN(C(C)CCNCC(C)C)C1CCCC1. The highest BCUT2D eigenvalue weighted by Crippen LogP contribution is 2.25. The zero-order valence-corrected chi connectivity index (χ0v) is 12.3. The molecule has 0 heterocycles. The Morgan fingerprint density at radius 3 is 2.35 bits per heavy atom. The van der Waals surface area contributed by atoms with Crippen LogP contribution in [0.15, 0.2) is 0 Å². The Hall–Kier alpha value is -0.0800. The third-order valence-corrected chi connectivity index (χ3v) is 4.02. The molecule has 1 fully saturated rings. The summed E-state index contributed by atoms with van der Waals surface area (Å²) in [5, 5.41) is 3.56. The van der Waals surface area contributed by atoms with Crippen LogP contribution in [0.1, 0.15) is 59.8 Å². The fraction of sp³-hybridized carbons (Fsp3) is 1.00. The van der Waals surface area contributed by atoms with E-state index in [2.05, 4.69) is 37.9 Å². The lowest BCUT2D eigenvalue weighted by atomic mass is 10.1. The summed E-state index contributed by atoms with van der Waals surface area (Å²) >= 11 is 0. The first-order chi connectivity index (χ1) is 8.15. The average Bonchev–Trinajstić information content (AvgIpc) is 2.79. The molecule has 1 aliphatic rings. The van der Waals surface area contributed by atoms with Crippen molar-refractivity contribution >= 4 is 0 Å². The van der Waals surface area contributed by atoms with Crippen LogP contribution < -0.4 is 5.32 Å². The highest BCUT2D eigenvalue weighted by molar-refractivity contribution is 4.80. The van der Waals surface area contributed by atoms with E-state index in [9.17, 15) is 0 Å². The van der Waals surface area contributed by atoms with E-state index >= 15 is 0 Å². The molecule has 0 aromatic carbocycles. The minimum Gasteiger partial charge on any atom is -0.316 e. The Labute approximate surface area is 108 Å². The summed E-state index contributed by atoms with van der Waals surface area (Å²) in [6.45, 7) is 12.8. The van der Waals surface area contributed by atoms with Crippen molar-refractivity contribution < 1.29 is 0 Å². The molecule has 0 amide bonds. The Bertz CT molecular complexity index is 185. The van der Waals surface area contributed by atoms with Gasteiger partial charge in [-0.05, 0) is 51.7 Å². The Morgan fingerprint density at radius 1 is 1.18 bits per heavy atom. The molecule has 0 aliphatic heterocycles. The second kappa shape index (κ2) is 8.10. The molecule has 0 radical (unpaired) electrons. The van der Waals surface area contributed by atoms with Crippen molar-refractivity contribution in [2.24, 2.45) is 5.92 Å². The zero-order valence-electron chi connectivity index (χ0n) is 12.3. The predicted octanol–water partition coefficient (Wildman–Crippen LogP) is 3.28. The maximum atomic E-state index is 3.56. The fourth-order valence-electron chi connectivity index (χ4n) is 3.03. The van der Waals surface area contributed by atoms with E-state index in [1.54, 1.807) is 0 Å². The van der Waals surface area contributed by atoms with Gasteiger partial charge >= 0.3 is 0 Å². The monoisotopic (exact) mass is 240 g/mol. The zero-order chi connectivity index (χ0) is 12.7. The largest absolute Gasteiger partial charge is 0.316 e. The lowest BCUT2D eigenvalue weighted by Crippen LogP contribution is -2.41. The molecule has 1 unspecified atom stereocenters. The van der Waals surface area contributed by atoms with E-state index in [4.69, 9.17) is 0 Å². The molecule has 0 bridgehead atoms. The number of nitrogens with one attached hydrogen (secondary N) is 1. The Kier molecular flexibility index (Phi) is 7.14. The van der Waals surface area contributed by atoms with E-state index in [0.717, 1.165) is 24.5 Å². The number of rotatable bonds is 8. The van der Waals surface area contributed by atoms with Crippen LogP contribution in [-0.4, -0.2) is 36.6 Å². The van der Waals surface area contributed by atoms with Crippen LogP contribution in [0, 0.1) is 5.92 Å². The van der Waals surface area contributed by atoms with Gasteiger partial charge in [-0.2, -0.15) is 0 Å². The third-order valence-electron chi connectivity index (χ3n) is 4.02. The lowest BCUT2D eigenvalue weighted by molar-refractivity contribution is 0.146. The Balaban J connectivity index is 2.21. The Morgan fingerprint density at radius 2 is 1.82 bits per heavy atom. The first kappa shape index (κ1) is 15.0. The van der Waals surface area contributed by atoms with Crippen LogP contribution in [0.5, 0.6) is 0 Å². The summed E-state index contributed by atoms with van der Waals surface area (Å²) < 4.78 is 0. The van der Waals surface area contributed by atoms with E-state index < -0.39 is 0 Å². The quantitative estimate of drug-likeness (QED) is 0.655. The van der Waals surface area contributed by atoms with Crippen LogP contribution in [-0.2, 0) is 0 Å². The van der Waals surface area contributed by atoms with Crippen molar-refractivity contribution in [2.75, 3.05) is 19.6 Å². The molecule has 1 atom stereocenters. The van der Waals surface area contributed by atoms with Crippen molar-refractivity contribution in [3.05, 3.63) is 0 Å². The van der Waals surface area contributed by atoms with Gasteiger partial charge in [0.2, 0.25) is 0 Å². The summed E-state index contributed by atoms with van der Waals surface area (Å²) in [5.41, 5.74) is 0. The molecule has 1 N–H and O–H groups in total. The molecule has 0 spiro atoms. The fourth-order valence-corrected chi connectivity index (χ4v) is 3.03. The second-order valence-corrected chi connectivity index (χ2v) is 6.00. The van der Waals surface area contributed by atoms with Crippen LogP contribution in [0.2, 0.25) is 0 Å². The maximum Gasteiger partial charge on any atom is 0.00979 e. The normalized spacial score (nSPS) is 19.4. The standard InChI is InChI=1S/C15H32N2/c1-5-17(15-8-6-7-9-15)14(4)10-11-16-12-13(2)3/h13-16H,5-12H2,1-4H3. The van der Waals surface area contributed by atoms with Gasteiger partial charge in [0.1, 0.15) is 0 Å².